The van der Waals surface area contributed by atoms with Crippen molar-refractivity contribution in [3.8, 4) is 11.5 Å². The molecule has 402 valence electrons. The Bertz CT molecular complexity index is 3820. The molecule has 0 radical (unpaired) electrons. The summed E-state index contributed by atoms with van der Waals surface area (Å²) in [6.07, 6.45) is 4.11. The summed E-state index contributed by atoms with van der Waals surface area (Å²) in [4.78, 5) is 35.3. The summed E-state index contributed by atoms with van der Waals surface area (Å²) >= 11 is 19.2. The summed E-state index contributed by atoms with van der Waals surface area (Å²) in [6.45, 7) is 4.35. The first-order chi connectivity index (χ1) is 37.6. The Labute approximate surface area is 511 Å². The molecular formula is C55H48Br4F3IN8O4S2Zn. The van der Waals surface area contributed by atoms with E-state index in [0.29, 0.717) is 30.5 Å². The Kier molecular flexibility index (Phi) is 24.6. The summed E-state index contributed by atoms with van der Waals surface area (Å²) in [5, 5.41) is 14.2. The molecule has 12 nitrogen and oxygen atoms in total. The van der Waals surface area contributed by atoms with Crippen molar-refractivity contribution >= 4 is 149 Å². The zero-order valence-electron chi connectivity index (χ0n) is 42.4. The minimum atomic E-state index is -0.254. The van der Waals surface area contributed by atoms with Gasteiger partial charge >= 0.3 is 30.0 Å². The van der Waals surface area contributed by atoms with Crippen molar-refractivity contribution < 1.29 is 39.0 Å². The number of hydrogen-bond acceptors (Lipinski definition) is 10. The van der Waals surface area contributed by atoms with Crippen molar-refractivity contribution in [2.75, 3.05) is 24.9 Å². The average Bonchev–Trinajstić information content (AvgIpc) is 4.28. The van der Waals surface area contributed by atoms with E-state index in [1.165, 1.54) is 73.4 Å². The summed E-state index contributed by atoms with van der Waals surface area (Å²) in [5.41, 5.74) is 7.36. The molecule has 6 heterocycles. The van der Waals surface area contributed by atoms with Crippen LogP contribution in [0.25, 0.3) is 42.5 Å². The second-order valence-corrected chi connectivity index (χ2v) is 22.5. The van der Waals surface area contributed by atoms with Gasteiger partial charge in [0.2, 0.25) is 0 Å². The Morgan fingerprint density at radius 3 is 1.45 bits per heavy atom. The molecular weight excluding hydrogens is 1470 g/mol. The zero-order valence-corrected chi connectivity index (χ0v) is 55.5. The molecule has 0 aliphatic carbocycles. The van der Waals surface area contributed by atoms with Gasteiger partial charge in [0.1, 0.15) is 39.2 Å². The Morgan fingerprint density at radius 2 is 1.03 bits per heavy atom. The van der Waals surface area contributed by atoms with Gasteiger partial charge < -0.3 is 18.6 Å². The fourth-order valence-electron chi connectivity index (χ4n) is 7.62. The van der Waals surface area contributed by atoms with Gasteiger partial charge in [-0.05, 0) is 93.4 Å². The van der Waals surface area contributed by atoms with Crippen LogP contribution in [0.2, 0.25) is 0 Å². The molecule has 11 rings (SSSR count). The van der Waals surface area contributed by atoms with Crippen LogP contribution in [-0.2, 0) is 55.3 Å². The van der Waals surface area contributed by atoms with E-state index in [1.54, 1.807) is 74.3 Å². The molecule has 0 bridgehead atoms. The average molecular weight is 1520 g/mol. The topological polar surface area (TPSA) is 124 Å². The maximum absolute atomic E-state index is 13.2. The van der Waals surface area contributed by atoms with Crippen LogP contribution in [-0.4, -0.2) is 63.5 Å². The molecule has 0 amide bonds. The van der Waals surface area contributed by atoms with Crippen LogP contribution in [0, 0.1) is 27.4 Å². The molecule has 0 aliphatic heterocycles. The first-order valence-electron chi connectivity index (χ1n) is 23.3. The van der Waals surface area contributed by atoms with Gasteiger partial charge in [0.05, 0.1) is 54.9 Å². The number of aryl methyl sites for hydroxylation is 2. The van der Waals surface area contributed by atoms with Crippen molar-refractivity contribution in [1.29, 1.82) is 0 Å². The molecule has 0 unspecified atom stereocenters. The van der Waals surface area contributed by atoms with Crippen LogP contribution in [0.4, 0.5) is 13.2 Å². The molecule has 0 fully saturated rings. The monoisotopic (exact) mass is 1510 g/mol. The number of fused-ring (bicyclic) bond motifs is 6. The van der Waals surface area contributed by atoms with E-state index >= 15 is 0 Å². The molecule has 0 saturated heterocycles. The normalized spacial score (nSPS) is 10.6. The Balaban J connectivity index is 0.000000183. The summed E-state index contributed by atoms with van der Waals surface area (Å²) in [5.74, 6) is 0.858. The van der Waals surface area contributed by atoms with E-state index in [9.17, 15) is 22.8 Å². The van der Waals surface area contributed by atoms with Gasteiger partial charge in [-0.3, -0.25) is 9.59 Å². The van der Waals surface area contributed by atoms with Crippen molar-refractivity contribution in [2.45, 2.75) is 24.8 Å². The standard InChI is InChI=1S/C23H19FN4O2S.C16H13IN4O2S.C7H6BrF.C7H6F.C2H4Br2.BrH.Zn/c1-27-20-18(12-25-28(23(20)29)13-15-4-3-5-17(10-15)30-2)21-22(27)26-19(31-21)11-14-6-8-16(24)9-7-14;1-20-12-11(13-14(20)19-16(17)24-13)7-18-21(15(12)22)8-9-4-3-5-10(6-9)23-2;8-5-6-1-3-7(9)4-2-6;1-6-2-4-7(8)5-3-6;3-1-2-4;;/h3-10,12H,11,13H2,1-2H3;3-7H,8H2,1-2H3;1-4H,5H2;2-5H,1H2;1-2H2;1H;/q;;;-1;;;+2/p-1. The number of hydrogen-bond donors (Lipinski definition) is 0. The van der Waals surface area contributed by atoms with Crippen molar-refractivity contribution in [3.05, 3.63) is 215 Å². The fourth-order valence-corrected chi connectivity index (χ4v) is 10.9. The molecule has 0 saturated carbocycles. The van der Waals surface area contributed by atoms with Gasteiger partial charge in [-0.15, -0.1) is 22.7 Å². The molecule has 0 atom stereocenters. The van der Waals surface area contributed by atoms with Gasteiger partial charge in [0.15, 0.2) is 14.3 Å². The Morgan fingerprint density at radius 1 is 0.603 bits per heavy atom. The van der Waals surface area contributed by atoms with Crippen LogP contribution in [0.1, 0.15) is 32.8 Å². The third kappa shape index (κ3) is 16.4. The molecule has 5 aromatic carbocycles. The number of ether oxygens (including phenoxy) is 2. The number of methoxy groups -OCH3 is 2. The number of benzene rings is 5. The number of alkyl halides is 3. The van der Waals surface area contributed by atoms with Crippen molar-refractivity contribution in [3.63, 3.8) is 0 Å². The van der Waals surface area contributed by atoms with Crippen LogP contribution in [0.15, 0.2) is 143 Å². The fraction of sp³-hybridized carbons (Fsp3) is 0.182. The van der Waals surface area contributed by atoms with Gasteiger partial charge in [0, 0.05) is 47.3 Å². The number of rotatable bonds is 10. The maximum atomic E-state index is 13.2. The molecule has 78 heavy (non-hydrogen) atoms. The Hall–Kier alpha value is -4.75. The third-order valence-corrected chi connectivity index (χ3v) is 16.7. The zero-order chi connectivity index (χ0) is 56.5. The van der Waals surface area contributed by atoms with Gasteiger partial charge in [-0.2, -0.15) is 34.8 Å². The van der Waals surface area contributed by atoms with Crippen LogP contribution >= 0.6 is 107 Å². The summed E-state index contributed by atoms with van der Waals surface area (Å²) < 4.78 is 57.4. The van der Waals surface area contributed by atoms with Gasteiger partial charge in [-0.25, -0.2) is 32.5 Å². The van der Waals surface area contributed by atoms with Gasteiger partial charge in [0.25, 0.3) is 11.1 Å². The van der Waals surface area contributed by atoms with Crippen LogP contribution < -0.4 is 20.6 Å². The van der Waals surface area contributed by atoms with E-state index < -0.39 is 0 Å². The van der Waals surface area contributed by atoms with Crippen molar-refractivity contribution in [1.82, 2.24) is 38.7 Å². The van der Waals surface area contributed by atoms with E-state index in [2.05, 4.69) is 106 Å². The molecule has 0 spiro atoms. The predicted molar refractivity (Wildman–Crippen MR) is 329 cm³/mol. The van der Waals surface area contributed by atoms with E-state index in [-0.39, 0.29) is 28.6 Å². The summed E-state index contributed by atoms with van der Waals surface area (Å²) in [7, 11) is 6.96. The minimum absolute atomic E-state index is 0.113. The van der Waals surface area contributed by atoms with Crippen LogP contribution in [0.5, 0.6) is 11.5 Å². The molecule has 6 aromatic heterocycles. The molecule has 11 aromatic rings. The second-order valence-electron chi connectivity index (χ2n) is 16.5. The van der Waals surface area contributed by atoms with E-state index in [1.807, 2.05) is 71.8 Å². The molecule has 23 heteroatoms. The van der Waals surface area contributed by atoms with E-state index in [4.69, 9.17) is 14.5 Å². The SMILES string of the molecule is BrCCBr.COc1cccc(Cn2ncc3c4sc(Cc5ccc(F)cc5)nc4n(C)c3c2=O)c1.COc1cccc(Cn2ncc3c4sc(I)nc4n(C)c3c2=O)c1.Fc1ccc(CBr)cc1.[CH2-]c1ccc(F)cc1.[Zn+][Br]. The second kappa shape index (κ2) is 30.7. The van der Waals surface area contributed by atoms with Crippen LogP contribution in [0.3, 0.4) is 0 Å². The number of aromatic nitrogens is 8. The first-order valence-corrected chi connectivity index (χ1v) is 36.3. The molecule has 0 aliphatic rings. The first kappa shape index (κ1) is 62.5. The number of halogens is 8. The van der Waals surface area contributed by atoms with Crippen molar-refractivity contribution in [2.24, 2.45) is 14.1 Å². The van der Waals surface area contributed by atoms with E-state index in [0.717, 1.165) is 94.8 Å². The van der Waals surface area contributed by atoms with Gasteiger partial charge in [-0.1, -0.05) is 108 Å². The third-order valence-electron chi connectivity index (χ3n) is 11.3. The summed E-state index contributed by atoms with van der Waals surface area (Å²) in [6, 6.07) is 34.1. The molecule has 0 N–H and O–H groups in total. The quantitative estimate of drug-likeness (QED) is 0.0574. The number of thiazole rings is 2. The predicted octanol–water partition coefficient (Wildman–Crippen LogP) is 14.5. The number of nitrogens with zero attached hydrogens (tertiary/aromatic N) is 8.